The van der Waals surface area contributed by atoms with Crippen LogP contribution in [0.5, 0.6) is 0 Å². The molecule has 94 valence electrons. The SMILES string of the molecule is CCN(C)C(=O)CNc1cc(F)c(F)c(F)c1. The molecule has 17 heavy (non-hydrogen) atoms. The van der Waals surface area contributed by atoms with Crippen molar-refractivity contribution in [1.29, 1.82) is 0 Å². The van der Waals surface area contributed by atoms with Crippen LogP contribution in [-0.4, -0.2) is 30.9 Å². The average Bonchev–Trinajstić information content (AvgIpc) is 2.31. The van der Waals surface area contributed by atoms with Crippen molar-refractivity contribution >= 4 is 11.6 Å². The maximum absolute atomic E-state index is 12.8. The summed E-state index contributed by atoms with van der Waals surface area (Å²) in [4.78, 5) is 12.8. The normalized spacial score (nSPS) is 10.2. The number of hydrogen-bond acceptors (Lipinski definition) is 2. The first kappa shape index (κ1) is 13.3. The molecule has 0 unspecified atom stereocenters. The minimum Gasteiger partial charge on any atom is -0.376 e. The molecule has 1 rings (SSSR count). The molecule has 6 heteroatoms. The fraction of sp³-hybridized carbons (Fsp3) is 0.364. The molecule has 0 atom stereocenters. The Morgan fingerprint density at radius 1 is 1.29 bits per heavy atom. The van der Waals surface area contributed by atoms with Gasteiger partial charge < -0.3 is 10.2 Å². The van der Waals surface area contributed by atoms with Crippen molar-refractivity contribution in [2.75, 3.05) is 25.5 Å². The van der Waals surface area contributed by atoms with Gasteiger partial charge in [-0.2, -0.15) is 0 Å². The highest BCUT2D eigenvalue weighted by Gasteiger charge is 2.11. The van der Waals surface area contributed by atoms with Crippen molar-refractivity contribution in [3.63, 3.8) is 0 Å². The smallest absolute Gasteiger partial charge is 0.241 e. The number of carbonyl (C=O) groups is 1. The lowest BCUT2D eigenvalue weighted by atomic mass is 10.3. The van der Waals surface area contributed by atoms with E-state index in [9.17, 15) is 18.0 Å². The van der Waals surface area contributed by atoms with Gasteiger partial charge in [-0.15, -0.1) is 0 Å². The summed E-state index contributed by atoms with van der Waals surface area (Å²) in [7, 11) is 1.61. The predicted molar refractivity (Wildman–Crippen MR) is 58.1 cm³/mol. The lowest BCUT2D eigenvalue weighted by molar-refractivity contribution is -0.127. The molecule has 0 saturated carbocycles. The van der Waals surface area contributed by atoms with Crippen LogP contribution in [0.4, 0.5) is 18.9 Å². The van der Waals surface area contributed by atoms with Gasteiger partial charge in [-0.1, -0.05) is 0 Å². The molecule has 3 nitrogen and oxygen atoms in total. The van der Waals surface area contributed by atoms with Gasteiger partial charge in [-0.3, -0.25) is 4.79 Å². The van der Waals surface area contributed by atoms with Crippen molar-refractivity contribution in [1.82, 2.24) is 4.90 Å². The number of anilines is 1. The number of rotatable bonds is 4. The predicted octanol–water partition coefficient (Wildman–Crippen LogP) is 1.99. The summed E-state index contributed by atoms with van der Waals surface area (Å²) in [6.45, 7) is 2.23. The van der Waals surface area contributed by atoms with E-state index in [0.29, 0.717) is 6.54 Å². The summed E-state index contributed by atoms with van der Waals surface area (Å²) in [5.74, 6) is -4.32. The summed E-state index contributed by atoms with van der Waals surface area (Å²) < 4.78 is 38.3. The molecule has 1 N–H and O–H groups in total. The minimum absolute atomic E-state index is 0.0271. The third-order valence-corrected chi connectivity index (χ3v) is 2.33. The zero-order valence-electron chi connectivity index (χ0n) is 9.56. The first-order valence-corrected chi connectivity index (χ1v) is 5.08. The van der Waals surface area contributed by atoms with Crippen molar-refractivity contribution in [2.45, 2.75) is 6.92 Å². The summed E-state index contributed by atoms with van der Waals surface area (Å²) in [6, 6.07) is 1.61. The highest BCUT2D eigenvalue weighted by atomic mass is 19.2. The first-order valence-electron chi connectivity index (χ1n) is 5.08. The van der Waals surface area contributed by atoms with Gasteiger partial charge in [-0.25, -0.2) is 13.2 Å². The first-order chi connectivity index (χ1) is 7.95. The number of nitrogens with zero attached hydrogens (tertiary/aromatic N) is 1. The van der Waals surface area contributed by atoms with E-state index in [1.54, 1.807) is 14.0 Å². The maximum Gasteiger partial charge on any atom is 0.241 e. The molecule has 0 heterocycles. The lowest BCUT2D eigenvalue weighted by Gasteiger charge is -2.15. The van der Waals surface area contributed by atoms with E-state index in [0.717, 1.165) is 12.1 Å². The van der Waals surface area contributed by atoms with Crippen molar-refractivity contribution in [2.24, 2.45) is 0 Å². The van der Waals surface area contributed by atoms with Crippen LogP contribution in [0.25, 0.3) is 0 Å². The number of halogens is 3. The maximum atomic E-state index is 12.8. The standard InChI is InChI=1S/C11H13F3N2O/c1-3-16(2)10(17)6-15-7-4-8(12)11(14)9(13)5-7/h4-5,15H,3,6H2,1-2H3. The zero-order valence-corrected chi connectivity index (χ0v) is 9.56. The van der Waals surface area contributed by atoms with Crippen molar-refractivity contribution < 1.29 is 18.0 Å². The Bertz CT molecular complexity index is 400. The van der Waals surface area contributed by atoms with Crippen LogP contribution >= 0.6 is 0 Å². The summed E-state index contributed by atoms with van der Waals surface area (Å²) in [5.41, 5.74) is 0.0271. The molecular weight excluding hydrogens is 233 g/mol. The average molecular weight is 246 g/mol. The summed E-state index contributed by atoms with van der Waals surface area (Å²) in [5, 5.41) is 2.53. The molecule has 0 aliphatic rings. The quantitative estimate of drug-likeness (QED) is 0.824. The fourth-order valence-corrected chi connectivity index (χ4v) is 1.15. The molecule has 0 aromatic heterocycles. The second kappa shape index (κ2) is 5.56. The van der Waals surface area contributed by atoms with E-state index in [4.69, 9.17) is 0 Å². The van der Waals surface area contributed by atoms with Crippen LogP contribution in [0.3, 0.4) is 0 Å². The van der Waals surface area contributed by atoms with Crippen LogP contribution in [0.1, 0.15) is 6.92 Å². The number of hydrogen-bond donors (Lipinski definition) is 1. The number of carbonyl (C=O) groups excluding carboxylic acids is 1. The largest absolute Gasteiger partial charge is 0.376 e. The van der Waals surface area contributed by atoms with Gasteiger partial charge in [0.15, 0.2) is 17.5 Å². The van der Waals surface area contributed by atoms with Crippen LogP contribution in [0.15, 0.2) is 12.1 Å². The topological polar surface area (TPSA) is 32.3 Å². The Labute approximate surface area is 97.2 Å². The van der Waals surface area contributed by atoms with Gasteiger partial charge in [-0.05, 0) is 6.92 Å². The van der Waals surface area contributed by atoms with E-state index in [1.807, 2.05) is 0 Å². The van der Waals surface area contributed by atoms with Gasteiger partial charge in [0.1, 0.15) is 0 Å². The van der Waals surface area contributed by atoms with E-state index in [2.05, 4.69) is 5.32 Å². The zero-order chi connectivity index (χ0) is 13.0. The van der Waals surface area contributed by atoms with Crippen molar-refractivity contribution in [3.8, 4) is 0 Å². The molecule has 0 spiro atoms. The Balaban J connectivity index is 2.67. The molecule has 0 saturated heterocycles. The summed E-state index contributed by atoms with van der Waals surface area (Å²) >= 11 is 0. The van der Waals surface area contributed by atoms with E-state index < -0.39 is 17.5 Å². The van der Waals surface area contributed by atoms with Gasteiger partial charge >= 0.3 is 0 Å². The molecule has 0 aliphatic heterocycles. The van der Waals surface area contributed by atoms with Crippen LogP contribution < -0.4 is 5.32 Å². The molecule has 1 amide bonds. The van der Waals surface area contributed by atoms with Gasteiger partial charge in [0, 0.05) is 31.4 Å². The number of amides is 1. The molecule has 1 aromatic carbocycles. The van der Waals surface area contributed by atoms with Gasteiger partial charge in [0.05, 0.1) is 6.54 Å². The summed E-state index contributed by atoms with van der Waals surface area (Å²) in [6.07, 6.45) is 0. The van der Waals surface area contributed by atoms with Crippen LogP contribution in [0.2, 0.25) is 0 Å². The Morgan fingerprint density at radius 3 is 2.29 bits per heavy atom. The fourth-order valence-electron chi connectivity index (χ4n) is 1.15. The Hall–Kier alpha value is -1.72. The molecule has 0 radical (unpaired) electrons. The molecular formula is C11H13F3N2O. The van der Waals surface area contributed by atoms with E-state index in [1.165, 1.54) is 4.90 Å². The molecule has 0 bridgehead atoms. The minimum atomic E-state index is -1.52. The molecule has 0 fully saturated rings. The Morgan fingerprint density at radius 2 is 1.82 bits per heavy atom. The van der Waals surface area contributed by atoms with Crippen LogP contribution in [0, 0.1) is 17.5 Å². The molecule has 0 aliphatic carbocycles. The number of nitrogens with one attached hydrogen (secondary N) is 1. The second-order valence-corrected chi connectivity index (χ2v) is 3.52. The number of likely N-dealkylation sites (N-methyl/N-ethyl adjacent to an activating group) is 1. The molecule has 1 aromatic rings. The third-order valence-electron chi connectivity index (χ3n) is 2.33. The van der Waals surface area contributed by atoms with E-state index in [-0.39, 0.29) is 18.1 Å². The van der Waals surface area contributed by atoms with Crippen LogP contribution in [-0.2, 0) is 4.79 Å². The number of benzene rings is 1. The third kappa shape index (κ3) is 3.37. The Kier molecular flexibility index (Phi) is 4.37. The lowest BCUT2D eigenvalue weighted by Crippen LogP contribution is -2.31. The highest BCUT2D eigenvalue weighted by Crippen LogP contribution is 2.16. The van der Waals surface area contributed by atoms with Crippen molar-refractivity contribution in [3.05, 3.63) is 29.6 Å². The van der Waals surface area contributed by atoms with Gasteiger partial charge in [0.25, 0.3) is 0 Å². The van der Waals surface area contributed by atoms with E-state index >= 15 is 0 Å². The van der Waals surface area contributed by atoms with Gasteiger partial charge in [0.2, 0.25) is 5.91 Å². The monoisotopic (exact) mass is 246 g/mol. The highest BCUT2D eigenvalue weighted by molar-refractivity contribution is 5.80. The second-order valence-electron chi connectivity index (χ2n) is 3.52.